The number of hydrogen-bond acceptors (Lipinski definition) is 1. The minimum Gasteiger partial charge on any atom is -0.494 e. The van der Waals surface area contributed by atoms with Crippen molar-refractivity contribution in [1.82, 2.24) is 0 Å². The molecule has 0 fully saturated rings. The molecule has 0 N–H and O–H groups in total. The lowest BCUT2D eigenvalue weighted by atomic mass is 9.92. The molecule has 1 aromatic rings. The molecule has 1 heteroatoms. The van der Waals surface area contributed by atoms with E-state index in [1.54, 1.807) is 0 Å². The highest BCUT2D eigenvalue weighted by Crippen LogP contribution is 2.26. The molecule has 0 heterocycles. The second kappa shape index (κ2) is 9.50. The summed E-state index contributed by atoms with van der Waals surface area (Å²) in [5.74, 6) is 4.24. The van der Waals surface area contributed by atoms with Gasteiger partial charge in [0.05, 0.1) is 6.61 Å². The predicted molar refractivity (Wildman–Crippen MR) is 82.6 cm³/mol. The maximum atomic E-state index is 5.72. The highest BCUT2D eigenvalue weighted by molar-refractivity contribution is 5.30. The van der Waals surface area contributed by atoms with Gasteiger partial charge < -0.3 is 4.74 Å². The first-order valence-electron chi connectivity index (χ1n) is 7.48. The Labute approximate surface area is 118 Å². The molecule has 0 bridgehead atoms. The second-order valence-electron chi connectivity index (χ2n) is 5.02. The normalized spacial score (nSPS) is 11.8. The minimum absolute atomic E-state index is 0.490. The lowest BCUT2D eigenvalue weighted by molar-refractivity contribution is 0.306. The summed E-state index contributed by atoms with van der Waals surface area (Å²) in [5, 5.41) is 0. The van der Waals surface area contributed by atoms with Crippen LogP contribution in [0, 0.1) is 12.3 Å². The van der Waals surface area contributed by atoms with Crippen molar-refractivity contribution in [3.63, 3.8) is 0 Å². The van der Waals surface area contributed by atoms with Crippen molar-refractivity contribution in [2.24, 2.45) is 0 Å². The molecule has 1 unspecified atom stereocenters. The van der Waals surface area contributed by atoms with Crippen molar-refractivity contribution in [3.8, 4) is 18.1 Å². The van der Waals surface area contributed by atoms with Crippen LogP contribution in [-0.4, -0.2) is 6.61 Å². The van der Waals surface area contributed by atoms with Gasteiger partial charge >= 0.3 is 0 Å². The average molecular weight is 258 g/mol. The number of hydrogen-bond donors (Lipinski definition) is 0. The van der Waals surface area contributed by atoms with Gasteiger partial charge in [0.25, 0.3) is 0 Å². The zero-order valence-corrected chi connectivity index (χ0v) is 12.3. The Kier molecular flexibility index (Phi) is 7.82. The maximum Gasteiger partial charge on any atom is 0.119 e. The Balaban J connectivity index is 2.52. The molecule has 19 heavy (non-hydrogen) atoms. The highest BCUT2D eigenvalue weighted by atomic mass is 16.5. The van der Waals surface area contributed by atoms with E-state index in [0.29, 0.717) is 5.92 Å². The van der Waals surface area contributed by atoms with Crippen LogP contribution in [-0.2, 0) is 0 Å². The quantitative estimate of drug-likeness (QED) is 0.439. The number of benzene rings is 1. The van der Waals surface area contributed by atoms with E-state index in [9.17, 15) is 0 Å². The summed E-state index contributed by atoms with van der Waals surface area (Å²) < 4.78 is 5.72. The third-order valence-corrected chi connectivity index (χ3v) is 3.37. The lowest BCUT2D eigenvalue weighted by Gasteiger charge is -2.14. The Hall–Kier alpha value is -1.42. The highest BCUT2D eigenvalue weighted by Gasteiger charge is 2.09. The van der Waals surface area contributed by atoms with E-state index in [0.717, 1.165) is 31.6 Å². The van der Waals surface area contributed by atoms with Crippen LogP contribution in [0.2, 0.25) is 0 Å². The summed E-state index contributed by atoms with van der Waals surface area (Å²) in [7, 11) is 0. The van der Waals surface area contributed by atoms with Gasteiger partial charge in [-0.1, -0.05) is 45.2 Å². The zero-order chi connectivity index (χ0) is 13.9. The number of unbranched alkanes of at least 4 members (excludes halogenated alkanes) is 2. The molecule has 1 aromatic carbocycles. The van der Waals surface area contributed by atoms with Crippen LogP contribution in [0.5, 0.6) is 5.75 Å². The molecule has 1 atom stereocenters. The first kappa shape index (κ1) is 15.6. The van der Waals surface area contributed by atoms with Gasteiger partial charge in [-0.25, -0.2) is 0 Å². The molecule has 1 nitrogen and oxygen atoms in total. The molecule has 0 spiro atoms. The van der Waals surface area contributed by atoms with E-state index in [1.807, 2.05) is 0 Å². The Morgan fingerprint density at radius 3 is 2.42 bits per heavy atom. The van der Waals surface area contributed by atoms with E-state index in [1.165, 1.54) is 24.8 Å². The summed E-state index contributed by atoms with van der Waals surface area (Å²) in [4.78, 5) is 0. The number of rotatable bonds is 9. The van der Waals surface area contributed by atoms with Gasteiger partial charge in [-0.3, -0.25) is 0 Å². The van der Waals surface area contributed by atoms with Crippen molar-refractivity contribution < 1.29 is 4.74 Å². The number of terminal acetylenes is 1. The summed E-state index contributed by atoms with van der Waals surface area (Å²) in [5.41, 5.74) is 1.33. The molecule has 0 saturated heterocycles. The smallest absolute Gasteiger partial charge is 0.119 e. The van der Waals surface area contributed by atoms with Crippen molar-refractivity contribution in [3.05, 3.63) is 29.8 Å². The fourth-order valence-electron chi connectivity index (χ4n) is 2.26. The molecule has 0 radical (unpaired) electrons. The second-order valence-corrected chi connectivity index (χ2v) is 5.02. The topological polar surface area (TPSA) is 9.23 Å². The van der Waals surface area contributed by atoms with E-state index in [-0.39, 0.29) is 0 Å². The molecule has 0 aromatic heterocycles. The van der Waals surface area contributed by atoms with Crippen molar-refractivity contribution in [1.29, 1.82) is 0 Å². The summed E-state index contributed by atoms with van der Waals surface area (Å²) in [6, 6.07) is 8.46. The largest absolute Gasteiger partial charge is 0.494 e. The van der Waals surface area contributed by atoms with Crippen LogP contribution in [0.3, 0.4) is 0 Å². The van der Waals surface area contributed by atoms with Crippen LogP contribution in [0.15, 0.2) is 24.3 Å². The first-order valence-corrected chi connectivity index (χ1v) is 7.48. The maximum absolute atomic E-state index is 5.72. The van der Waals surface area contributed by atoms with Crippen LogP contribution in [0.25, 0.3) is 0 Å². The van der Waals surface area contributed by atoms with Gasteiger partial charge in [0.15, 0.2) is 0 Å². The predicted octanol–water partition coefficient (Wildman–Crippen LogP) is 5.16. The Morgan fingerprint density at radius 2 is 1.84 bits per heavy atom. The molecule has 0 aliphatic carbocycles. The van der Waals surface area contributed by atoms with Crippen LogP contribution in [0.1, 0.15) is 63.9 Å². The molecular weight excluding hydrogens is 232 g/mol. The third kappa shape index (κ3) is 5.83. The fourth-order valence-corrected chi connectivity index (χ4v) is 2.26. The van der Waals surface area contributed by atoms with E-state index < -0.39 is 0 Å². The molecule has 104 valence electrons. The third-order valence-electron chi connectivity index (χ3n) is 3.37. The SMILES string of the molecule is C#CCC(CCC)c1ccc(OCCCCC)cc1. The monoisotopic (exact) mass is 258 g/mol. The van der Waals surface area contributed by atoms with Gasteiger partial charge in [-0.15, -0.1) is 12.3 Å². The van der Waals surface area contributed by atoms with E-state index >= 15 is 0 Å². The van der Waals surface area contributed by atoms with E-state index in [4.69, 9.17) is 11.2 Å². The van der Waals surface area contributed by atoms with Gasteiger partial charge in [0.1, 0.15) is 5.75 Å². The molecular formula is C18H26O. The van der Waals surface area contributed by atoms with Crippen molar-refractivity contribution >= 4 is 0 Å². The first-order chi connectivity index (χ1) is 9.31. The van der Waals surface area contributed by atoms with Gasteiger partial charge in [-0.05, 0) is 36.5 Å². The molecule has 0 aliphatic heterocycles. The Bertz CT molecular complexity index is 372. The molecule has 1 rings (SSSR count). The number of ether oxygens (including phenoxy) is 1. The minimum atomic E-state index is 0.490. The Morgan fingerprint density at radius 1 is 1.11 bits per heavy atom. The molecule has 0 saturated carbocycles. The van der Waals surface area contributed by atoms with Crippen molar-refractivity contribution in [2.75, 3.05) is 6.61 Å². The van der Waals surface area contributed by atoms with Gasteiger partial charge in [0.2, 0.25) is 0 Å². The van der Waals surface area contributed by atoms with Crippen LogP contribution < -0.4 is 4.74 Å². The standard InChI is InChI=1S/C18H26O/c1-4-7-8-15-19-18-13-11-17(12-14-18)16(9-5-2)10-6-3/h2,11-14,16H,4,6-10,15H2,1,3H3. The summed E-state index contributed by atoms with van der Waals surface area (Å²) >= 11 is 0. The van der Waals surface area contributed by atoms with Crippen LogP contribution >= 0.6 is 0 Å². The van der Waals surface area contributed by atoms with Crippen LogP contribution in [0.4, 0.5) is 0 Å². The van der Waals surface area contributed by atoms with Gasteiger partial charge in [0, 0.05) is 6.42 Å². The summed E-state index contributed by atoms with van der Waals surface area (Å²) in [6.07, 6.45) is 12.2. The van der Waals surface area contributed by atoms with Gasteiger partial charge in [-0.2, -0.15) is 0 Å². The summed E-state index contributed by atoms with van der Waals surface area (Å²) in [6.45, 7) is 5.22. The van der Waals surface area contributed by atoms with Crippen molar-refractivity contribution in [2.45, 2.75) is 58.3 Å². The average Bonchev–Trinajstić information content (AvgIpc) is 2.44. The fraction of sp³-hybridized carbons (Fsp3) is 0.556. The lowest BCUT2D eigenvalue weighted by Crippen LogP contribution is -1.99. The van der Waals surface area contributed by atoms with E-state index in [2.05, 4.69) is 44.0 Å². The zero-order valence-electron chi connectivity index (χ0n) is 12.3. The molecule has 0 amide bonds. The molecule has 0 aliphatic rings.